The highest BCUT2D eigenvalue weighted by Crippen LogP contribution is 2.58. The highest BCUT2D eigenvalue weighted by Gasteiger charge is 2.52. The van der Waals surface area contributed by atoms with E-state index >= 15 is 0 Å². The zero-order chi connectivity index (χ0) is 67.8. The van der Waals surface area contributed by atoms with Crippen molar-refractivity contribution >= 4 is 92.5 Å². The van der Waals surface area contributed by atoms with Gasteiger partial charge in [-0.3, -0.25) is 0 Å². The Bertz CT molecular complexity index is 5120. The number of hydrogen-bond acceptors (Lipinski definition) is 3. The first-order valence-electron chi connectivity index (χ1n) is 35.6. The fourth-order valence-electron chi connectivity index (χ4n) is 19.0. The van der Waals surface area contributed by atoms with Gasteiger partial charge in [0.2, 0.25) is 0 Å². The lowest BCUT2D eigenvalue weighted by Gasteiger charge is -2.50. The molecule has 1 radical (unpaired) electrons. The molecule has 0 spiro atoms. The average molecular weight is 1260 g/mol. The van der Waals surface area contributed by atoms with Crippen molar-refractivity contribution in [3.63, 3.8) is 0 Å². The smallest absolute Gasteiger partial charge is 0.252 e. The van der Waals surface area contributed by atoms with Crippen molar-refractivity contribution < 1.29 is 0 Å². The highest BCUT2D eigenvalue weighted by molar-refractivity contribution is 7.00. The van der Waals surface area contributed by atoms with E-state index in [0.29, 0.717) is 0 Å². The molecule has 0 saturated heterocycles. The van der Waals surface area contributed by atoms with E-state index in [9.17, 15) is 0 Å². The number of anilines is 9. The fourth-order valence-corrected chi connectivity index (χ4v) is 19.0. The molecule has 3 nitrogen and oxygen atoms in total. The van der Waals surface area contributed by atoms with Gasteiger partial charge in [-0.2, -0.15) is 0 Å². The standard InChI is InChI=1S/C92H90B2N3/c1-85(2,3)55-38-42-57(43-39-55)95(58-44-40-56(41-45-58)86(4,5)6)60-49-81-84-82(50-60)97(78-37-27-36-75-83(78)61-28-19-26-35-74(61)93-75)80-54-73-71(90(13,14)65-32-23-25-34-67(65)92(73,17)18)52-77(80)94(84)76-51-70-72(91(15,16)66-33-24-22-31-64(66)89(70,11)12)53-79(76)96(81)59-46-47-68-69(48-59)88(9,10)63-30-21-20-29-62(63)87(68,7)8/h19-54H,1-18H3. The molecule has 0 saturated carbocycles. The SMILES string of the molecule is CC(C)(C)c1ccc(N(c2ccc(C(C)(C)C)cc2)c2cc3c4c(c2)N(c2cccc5c2-c2ccccc2[B]5)c2cc5c(cc2B4c2cc4c(cc2N3c2ccc3c(c2)C(C)(C)c2ccccc2C3(C)C)C(C)(C)c2ccccc2C4(C)C)C(C)(C)c2ccccc2C5(C)C)cc1. The predicted molar refractivity (Wildman–Crippen MR) is 415 cm³/mol. The van der Waals surface area contributed by atoms with Gasteiger partial charge in [0.25, 0.3) is 6.71 Å². The number of hydrogen-bond donors (Lipinski definition) is 0. The number of nitrogens with zero attached hydrogens (tertiary/aromatic N) is 3. The van der Waals surface area contributed by atoms with Crippen LogP contribution >= 0.6 is 0 Å². The topological polar surface area (TPSA) is 9.72 Å². The van der Waals surface area contributed by atoms with E-state index in [2.05, 4.69) is 365 Å². The largest absolute Gasteiger partial charge is 0.311 e. The first-order chi connectivity index (χ1) is 45.9. The summed E-state index contributed by atoms with van der Waals surface area (Å²) in [7, 11) is 2.41. The van der Waals surface area contributed by atoms with Crippen molar-refractivity contribution in [2.75, 3.05) is 14.7 Å². The summed E-state index contributed by atoms with van der Waals surface area (Å²) in [6.07, 6.45) is 0. The molecule has 0 N–H and O–H groups in total. The van der Waals surface area contributed by atoms with E-state index in [0.717, 1.165) is 22.7 Å². The van der Waals surface area contributed by atoms with Crippen molar-refractivity contribution in [1.29, 1.82) is 0 Å². The van der Waals surface area contributed by atoms with Crippen molar-refractivity contribution in [2.24, 2.45) is 0 Å². The van der Waals surface area contributed by atoms with Gasteiger partial charge in [-0.25, -0.2) is 0 Å². The Hall–Kier alpha value is -9.05. The third kappa shape index (κ3) is 8.61. The molecule has 11 aromatic carbocycles. The molecular formula is C92H90B2N3. The van der Waals surface area contributed by atoms with Crippen LogP contribution in [0.4, 0.5) is 51.2 Å². The molecule has 0 unspecified atom stereocenters. The van der Waals surface area contributed by atoms with Gasteiger partial charge in [-0.05, 0) is 183 Å². The Kier molecular flexibility index (Phi) is 12.9. The second-order valence-corrected chi connectivity index (χ2v) is 34.4. The molecule has 3 heterocycles. The number of rotatable bonds is 5. The Labute approximate surface area is 579 Å². The Morgan fingerprint density at radius 1 is 0.309 bits per heavy atom. The first-order valence-corrected chi connectivity index (χ1v) is 35.6. The van der Waals surface area contributed by atoms with E-state index in [-0.39, 0.29) is 50.0 Å². The Balaban J connectivity index is 1.05. The summed E-state index contributed by atoms with van der Waals surface area (Å²) in [6.45, 7) is 43.4. The summed E-state index contributed by atoms with van der Waals surface area (Å²) in [5, 5.41) is 0. The van der Waals surface area contributed by atoms with Crippen LogP contribution in [-0.2, 0) is 43.3 Å². The maximum Gasteiger partial charge on any atom is 0.252 e. The summed E-state index contributed by atoms with van der Waals surface area (Å²) in [5.41, 5.74) is 37.0. The predicted octanol–water partition coefficient (Wildman–Crippen LogP) is 20.4. The van der Waals surface area contributed by atoms with Crippen LogP contribution in [0.5, 0.6) is 0 Å². The van der Waals surface area contributed by atoms with Crippen LogP contribution in [0.1, 0.15) is 203 Å². The van der Waals surface area contributed by atoms with E-state index in [1.54, 1.807) is 0 Å². The lowest BCUT2D eigenvalue weighted by molar-refractivity contribution is 0.520. The van der Waals surface area contributed by atoms with Gasteiger partial charge in [0.15, 0.2) is 7.28 Å². The zero-order valence-electron chi connectivity index (χ0n) is 60.3. The van der Waals surface area contributed by atoms with Crippen molar-refractivity contribution in [3.8, 4) is 11.1 Å². The van der Waals surface area contributed by atoms with Crippen LogP contribution in [0.25, 0.3) is 11.1 Å². The van der Waals surface area contributed by atoms with Gasteiger partial charge >= 0.3 is 0 Å². The van der Waals surface area contributed by atoms with E-state index in [1.807, 2.05) is 0 Å². The van der Waals surface area contributed by atoms with Crippen LogP contribution in [0.15, 0.2) is 218 Å². The number of fused-ring (bicyclic) bond motifs is 13. The molecule has 0 aromatic heterocycles. The van der Waals surface area contributed by atoms with Gasteiger partial charge in [-0.15, -0.1) is 0 Å². The van der Waals surface area contributed by atoms with Crippen molar-refractivity contribution in [3.05, 3.63) is 296 Å². The molecule has 3 aliphatic heterocycles. The van der Waals surface area contributed by atoms with Gasteiger partial charge in [0.1, 0.15) is 0 Å². The molecule has 0 atom stereocenters. The molecule has 17 rings (SSSR count). The van der Waals surface area contributed by atoms with Gasteiger partial charge < -0.3 is 14.7 Å². The monoisotopic (exact) mass is 1260 g/mol. The van der Waals surface area contributed by atoms with Crippen molar-refractivity contribution in [1.82, 2.24) is 0 Å². The summed E-state index contributed by atoms with van der Waals surface area (Å²) < 4.78 is 0. The fraction of sp³-hybridized carbons (Fsp3) is 0.283. The molecule has 6 aliphatic rings. The van der Waals surface area contributed by atoms with Crippen LogP contribution < -0.4 is 42.0 Å². The molecule has 3 aliphatic carbocycles. The molecule has 0 amide bonds. The minimum absolute atomic E-state index is 0.0344. The van der Waals surface area contributed by atoms with Crippen molar-refractivity contribution in [2.45, 2.75) is 168 Å². The minimum Gasteiger partial charge on any atom is -0.311 e. The molecule has 97 heavy (non-hydrogen) atoms. The van der Waals surface area contributed by atoms with Crippen LogP contribution in [0, 0.1) is 0 Å². The Morgan fingerprint density at radius 3 is 1.13 bits per heavy atom. The summed E-state index contributed by atoms with van der Waals surface area (Å²) in [5.74, 6) is 0. The zero-order valence-corrected chi connectivity index (χ0v) is 60.3. The normalized spacial score (nSPS) is 17.5. The van der Waals surface area contributed by atoms with E-state index in [1.165, 1.54) is 145 Å². The van der Waals surface area contributed by atoms with Gasteiger partial charge in [-0.1, -0.05) is 287 Å². The van der Waals surface area contributed by atoms with Gasteiger partial charge in [0, 0.05) is 72.3 Å². The molecule has 11 aromatic rings. The van der Waals surface area contributed by atoms with Gasteiger partial charge in [0.05, 0.1) is 11.4 Å². The van der Waals surface area contributed by atoms with E-state index in [4.69, 9.17) is 0 Å². The molecule has 0 fully saturated rings. The quantitative estimate of drug-likeness (QED) is 0.159. The second-order valence-electron chi connectivity index (χ2n) is 34.4. The lowest BCUT2D eigenvalue weighted by atomic mass is 9.32. The summed E-state index contributed by atoms with van der Waals surface area (Å²) in [4.78, 5) is 8.05. The maximum absolute atomic E-state index is 2.75. The summed E-state index contributed by atoms with van der Waals surface area (Å²) >= 11 is 0. The van der Waals surface area contributed by atoms with Crippen LogP contribution in [0.3, 0.4) is 0 Å². The van der Waals surface area contributed by atoms with Crippen LogP contribution in [0.2, 0.25) is 0 Å². The third-order valence-corrected chi connectivity index (χ3v) is 24.5. The van der Waals surface area contributed by atoms with E-state index < -0.39 is 0 Å². The molecule has 0 bridgehead atoms. The van der Waals surface area contributed by atoms with Crippen LogP contribution in [-0.4, -0.2) is 14.0 Å². The number of benzene rings is 11. The molecule has 5 heteroatoms. The lowest BCUT2D eigenvalue weighted by Crippen LogP contribution is -2.62. The molecular weight excluding hydrogens is 1170 g/mol. The first kappa shape index (κ1) is 61.5. The third-order valence-electron chi connectivity index (χ3n) is 24.5. The average Bonchev–Trinajstić information content (AvgIpc) is 0.923. The second kappa shape index (κ2) is 20.3. The minimum atomic E-state index is -0.319. The maximum atomic E-state index is 2.75. The highest BCUT2D eigenvalue weighted by atomic mass is 15.2. The Morgan fingerprint density at radius 2 is 0.680 bits per heavy atom. The summed E-state index contributed by atoms with van der Waals surface area (Å²) in [6, 6.07) is 86.5. The molecule has 479 valence electrons.